The van der Waals surface area contributed by atoms with Crippen LogP contribution in [0.2, 0.25) is 0 Å². The molecule has 0 saturated carbocycles. The van der Waals surface area contributed by atoms with Crippen LogP contribution in [0.3, 0.4) is 0 Å². The van der Waals surface area contributed by atoms with E-state index in [9.17, 15) is 19.5 Å². The number of aliphatic hydroxyl groups is 1. The van der Waals surface area contributed by atoms with Gasteiger partial charge in [-0.1, -0.05) is 24.3 Å². The molecule has 1 saturated heterocycles. The van der Waals surface area contributed by atoms with Crippen LogP contribution in [0.1, 0.15) is 55.9 Å². The molecule has 190 valence electrons. The fraction of sp³-hybridized carbons (Fsp3) is 0.520. The molecule has 2 N–H and O–H groups in total. The number of nitrogens with one attached hydrogen (secondary N) is 1. The monoisotopic (exact) mass is 503 g/mol. The smallest absolute Gasteiger partial charge is 0.411 e. The van der Waals surface area contributed by atoms with Crippen LogP contribution in [-0.4, -0.2) is 64.4 Å². The fourth-order valence-corrected chi connectivity index (χ4v) is 4.95. The van der Waals surface area contributed by atoms with Crippen LogP contribution in [-0.2, 0) is 19.1 Å². The molecule has 10 heteroatoms. The molecule has 35 heavy (non-hydrogen) atoms. The zero-order valence-corrected chi connectivity index (χ0v) is 21.8. The maximum absolute atomic E-state index is 13.2. The van der Waals surface area contributed by atoms with Crippen molar-refractivity contribution in [1.29, 1.82) is 0 Å². The fourth-order valence-electron chi connectivity index (χ4n) is 4.02. The molecule has 0 aliphatic carbocycles. The molecular weight excluding hydrogens is 470 g/mol. The first-order chi connectivity index (χ1) is 16.4. The second kappa shape index (κ2) is 10.7. The number of benzene rings is 1. The average molecular weight is 504 g/mol. The van der Waals surface area contributed by atoms with E-state index in [1.807, 2.05) is 38.1 Å². The number of aryl methyl sites for hydroxylation is 2. The summed E-state index contributed by atoms with van der Waals surface area (Å²) in [7, 11) is 1.29. The maximum Gasteiger partial charge on any atom is 0.411 e. The molecule has 9 nitrogen and oxygen atoms in total. The van der Waals surface area contributed by atoms with Crippen LogP contribution >= 0.6 is 11.3 Å². The number of ether oxygens (including phenoxy) is 2. The first kappa shape index (κ1) is 26.6. The molecule has 1 aliphatic rings. The van der Waals surface area contributed by atoms with Gasteiger partial charge in [0.05, 0.1) is 47.8 Å². The molecule has 0 bridgehead atoms. The first-order valence-electron chi connectivity index (χ1n) is 11.5. The number of carbonyl (C=O) groups excluding carboxylic acids is 3. The van der Waals surface area contributed by atoms with Crippen molar-refractivity contribution < 1.29 is 29.0 Å². The number of amides is 2. The van der Waals surface area contributed by atoms with Crippen LogP contribution < -0.4 is 5.32 Å². The molecule has 1 aromatic heterocycles. The van der Waals surface area contributed by atoms with Gasteiger partial charge in [-0.15, -0.1) is 11.3 Å². The van der Waals surface area contributed by atoms with Gasteiger partial charge in [-0.05, 0) is 45.7 Å². The average Bonchev–Trinajstić information content (AvgIpc) is 3.33. The van der Waals surface area contributed by atoms with Gasteiger partial charge in [-0.3, -0.25) is 14.5 Å². The van der Waals surface area contributed by atoms with E-state index in [0.717, 1.165) is 21.1 Å². The summed E-state index contributed by atoms with van der Waals surface area (Å²) in [4.78, 5) is 44.7. The summed E-state index contributed by atoms with van der Waals surface area (Å²) in [6, 6.07) is 5.98. The molecule has 0 radical (unpaired) electrons. The SMILES string of the molecule is COC(=O)C[C@H](NC(=O)[C@@H]1C[C@@H](O)CN1C(=O)OC(C)(C)C)c1ccc(-c2sc(C)nc2C)cc1. The number of thiazole rings is 1. The van der Waals surface area contributed by atoms with Crippen molar-refractivity contribution in [3.05, 3.63) is 40.5 Å². The van der Waals surface area contributed by atoms with Gasteiger partial charge in [0.25, 0.3) is 0 Å². The number of rotatable bonds is 6. The third kappa shape index (κ3) is 6.79. The van der Waals surface area contributed by atoms with Crippen LogP contribution in [0, 0.1) is 13.8 Å². The molecule has 1 fully saturated rings. The summed E-state index contributed by atoms with van der Waals surface area (Å²) in [6.45, 7) is 9.11. The first-order valence-corrected chi connectivity index (χ1v) is 12.3. The quantitative estimate of drug-likeness (QED) is 0.579. The van der Waals surface area contributed by atoms with Gasteiger partial charge in [0.15, 0.2) is 0 Å². The summed E-state index contributed by atoms with van der Waals surface area (Å²) in [5, 5.41) is 14.0. The molecule has 0 spiro atoms. The molecule has 2 amide bonds. The van der Waals surface area contributed by atoms with Crippen LogP contribution in [0.5, 0.6) is 0 Å². The third-order valence-corrected chi connectivity index (χ3v) is 6.73. The minimum Gasteiger partial charge on any atom is -0.469 e. The molecule has 2 heterocycles. The lowest BCUT2D eigenvalue weighted by atomic mass is 10.0. The van der Waals surface area contributed by atoms with Gasteiger partial charge in [0.2, 0.25) is 5.91 Å². The Morgan fingerprint density at radius 3 is 2.43 bits per heavy atom. The third-order valence-electron chi connectivity index (χ3n) is 5.60. The lowest BCUT2D eigenvalue weighted by Gasteiger charge is -2.29. The standard InChI is InChI=1S/C25H33N3O6S/c1-14-22(35-15(2)26-14)17-9-7-16(8-10-17)19(12-21(30)33-6)27-23(31)20-11-18(29)13-28(20)24(32)34-25(3,4)5/h7-10,18-20,29H,11-13H2,1-6H3,(H,27,31)/t18-,19+,20+/m1/s1. The number of hydrogen-bond acceptors (Lipinski definition) is 8. The van der Waals surface area contributed by atoms with Crippen molar-refractivity contribution in [3.8, 4) is 10.4 Å². The predicted octanol–water partition coefficient (Wildman–Crippen LogP) is 3.52. The van der Waals surface area contributed by atoms with Crippen LogP contribution in [0.4, 0.5) is 4.79 Å². The van der Waals surface area contributed by atoms with E-state index >= 15 is 0 Å². The van der Waals surface area contributed by atoms with E-state index in [0.29, 0.717) is 5.56 Å². The molecule has 1 aromatic carbocycles. The minimum absolute atomic E-state index is 0.00299. The molecular formula is C25H33N3O6S. The summed E-state index contributed by atoms with van der Waals surface area (Å²) >= 11 is 1.60. The van der Waals surface area contributed by atoms with E-state index in [1.165, 1.54) is 12.0 Å². The molecule has 2 aromatic rings. The Labute approximate surface area is 209 Å². The van der Waals surface area contributed by atoms with E-state index in [-0.39, 0.29) is 19.4 Å². The zero-order chi connectivity index (χ0) is 25.9. The summed E-state index contributed by atoms with van der Waals surface area (Å²) in [6.07, 6.45) is -1.51. The number of methoxy groups -OCH3 is 1. The Kier molecular flexibility index (Phi) is 8.17. The number of hydrogen-bond donors (Lipinski definition) is 2. The Balaban J connectivity index is 1.81. The Morgan fingerprint density at radius 2 is 1.89 bits per heavy atom. The minimum atomic E-state index is -0.915. The second-order valence-electron chi connectivity index (χ2n) is 9.65. The van der Waals surface area contributed by atoms with Gasteiger partial charge < -0.3 is 19.9 Å². The molecule has 3 rings (SSSR count). The normalized spacial score (nSPS) is 18.8. The number of esters is 1. The Morgan fingerprint density at radius 1 is 1.23 bits per heavy atom. The van der Waals surface area contributed by atoms with Crippen molar-refractivity contribution in [3.63, 3.8) is 0 Å². The van der Waals surface area contributed by atoms with Gasteiger partial charge in [-0.25, -0.2) is 9.78 Å². The van der Waals surface area contributed by atoms with E-state index in [2.05, 4.69) is 10.3 Å². The Bertz CT molecular complexity index is 1080. The zero-order valence-electron chi connectivity index (χ0n) is 21.0. The van der Waals surface area contributed by atoms with Gasteiger partial charge in [0.1, 0.15) is 11.6 Å². The highest BCUT2D eigenvalue weighted by atomic mass is 32.1. The largest absolute Gasteiger partial charge is 0.469 e. The van der Waals surface area contributed by atoms with E-state index in [1.54, 1.807) is 32.1 Å². The van der Waals surface area contributed by atoms with Gasteiger partial charge in [0, 0.05) is 6.42 Å². The highest BCUT2D eigenvalue weighted by Crippen LogP contribution is 2.31. The number of likely N-dealkylation sites (tertiary alicyclic amines) is 1. The Hall–Kier alpha value is -2.98. The number of carbonyl (C=O) groups is 3. The van der Waals surface area contributed by atoms with E-state index < -0.39 is 41.8 Å². The van der Waals surface area contributed by atoms with Crippen molar-refractivity contribution >= 4 is 29.3 Å². The number of β-amino-alcohol motifs (C(OH)–C–C–N with tert-alkyl or cyclic N) is 1. The van der Waals surface area contributed by atoms with Crippen molar-refractivity contribution in [1.82, 2.24) is 15.2 Å². The molecule has 1 aliphatic heterocycles. The highest BCUT2D eigenvalue weighted by Gasteiger charge is 2.41. The topological polar surface area (TPSA) is 118 Å². The summed E-state index contributed by atoms with van der Waals surface area (Å²) in [5.41, 5.74) is 1.92. The summed E-state index contributed by atoms with van der Waals surface area (Å²) < 4.78 is 10.2. The second-order valence-corrected chi connectivity index (χ2v) is 10.9. The lowest BCUT2D eigenvalue weighted by molar-refractivity contribution is -0.141. The van der Waals surface area contributed by atoms with Crippen LogP contribution in [0.25, 0.3) is 10.4 Å². The maximum atomic E-state index is 13.2. The van der Waals surface area contributed by atoms with Crippen molar-refractivity contribution in [2.24, 2.45) is 0 Å². The lowest BCUT2D eigenvalue weighted by Crippen LogP contribution is -2.48. The number of aliphatic hydroxyl groups excluding tert-OH is 1. The van der Waals surface area contributed by atoms with Crippen molar-refractivity contribution in [2.45, 2.75) is 71.2 Å². The molecule has 0 unspecified atom stereocenters. The predicted molar refractivity (Wildman–Crippen MR) is 132 cm³/mol. The van der Waals surface area contributed by atoms with Gasteiger partial charge in [-0.2, -0.15) is 0 Å². The molecule has 3 atom stereocenters. The van der Waals surface area contributed by atoms with Crippen LogP contribution in [0.15, 0.2) is 24.3 Å². The van der Waals surface area contributed by atoms with Gasteiger partial charge >= 0.3 is 12.1 Å². The highest BCUT2D eigenvalue weighted by molar-refractivity contribution is 7.15. The number of nitrogens with zero attached hydrogens (tertiary/aromatic N) is 2. The van der Waals surface area contributed by atoms with E-state index in [4.69, 9.17) is 9.47 Å². The van der Waals surface area contributed by atoms with Crippen molar-refractivity contribution in [2.75, 3.05) is 13.7 Å². The summed E-state index contributed by atoms with van der Waals surface area (Å²) in [5.74, 6) is -0.955. The number of aromatic nitrogens is 1.